The highest BCUT2D eigenvalue weighted by atomic mass is 35.5. The Bertz CT molecular complexity index is 307. The van der Waals surface area contributed by atoms with Gasteiger partial charge in [-0.1, -0.05) is 11.8 Å². The van der Waals surface area contributed by atoms with Crippen LogP contribution in [0.2, 0.25) is 0 Å². The molecule has 2 nitrogen and oxygen atoms in total. The summed E-state index contributed by atoms with van der Waals surface area (Å²) in [6.07, 6.45) is 0. The molecule has 0 amide bonds. The van der Waals surface area contributed by atoms with Gasteiger partial charge in [-0.2, -0.15) is 0 Å². The second-order valence-corrected chi connectivity index (χ2v) is 5.48. The van der Waals surface area contributed by atoms with Crippen molar-refractivity contribution in [3.63, 3.8) is 0 Å². The predicted octanol–water partition coefficient (Wildman–Crippen LogP) is 2.65. The molecule has 13 heavy (non-hydrogen) atoms. The molecule has 0 bridgehead atoms. The van der Waals surface area contributed by atoms with Crippen molar-refractivity contribution >= 4 is 28.5 Å². The van der Waals surface area contributed by atoms with Gasteiger partial charge in [-0.25, -0.2) is 0 Å². The maximum atomic E-state index is 5.89. The summed E-state index contributed by atoms with van der Waals surface area (Å²) in [5, 5.41) is 1.12. The van der Waals surface area contributed by atoms with Crippen LogP contribution >= 0.6 is 23.4 Å². The SMILES string of the molecule is CC1=C(CCl)N2CC(C)(C)N=C2S1. The van der Waals surface area contributed by atoms with Crippen molar-refractivity contribution < 1.29 is 0 Å². The number of thioether (sulfide) groups is 1. The standard InChI is InChI=1S/C9H13ClN2S/c1-6-7(4-10)12-5-9(2,3)11-8(12)13-6/h4-5H2,1-3H3. The first-order valence-electron chi connectivity index (χ1n) is 4.34. The highest BCUT2D eigenvalue weighted by Crippen LogP contribution is 2.40. The summed E-state index contributed by atoms with van der Waals surface area (Å²) in [6, 6.07) is 0. The number of aliphatic imine (C=N–C) groups is 1. The molecule has 0 unspecified atom stereocenters. The van der Waals surface area contributed by atoms with Crippen molar-refractivity contribution in [1.29, 1.82) is 0 Å². The van der Waals surface area contributed by atoms with Crippen molar-refractivity contribution in [1.82, 2.24) is 4.90 Å². The molecule has 0 aromatic rings. The van der Waals surface area contributed by atoms with Crippen molar-refractivity contribution in [2.75, 3.05) is 12.4 Å². The van der Waals surface area contributed by atoms with E-state index in [9.17, 15) is 0 Å². The van der Waals surface area contributed by atoms with Crippen molar-refractivity contribution in [2.45, 2.75) is 26.3 Å². The Kier molecular flexibility index (Phi) is 2.11. The van der Waals surface area contributed by atoms with Gasteiger partial charge in [-0.15, -0.1) is 11.6 Å². The maximum absolute atomic E-state index is 5.89. The maximum Gasteiger partial charge on any atom is 0.168 e. The van der Waals surface area contributed by atoms with Gasteiger partial charge in [0.15, 0.2) is 5.17 Å². The third-order valence-electron chi connectivity index (χ3n) is 2.28. The Morgan fingerprint density at radius 2 is 2.31 bits per heavy atom. The zero-order valence-corrected chi connectivity index (χ0v) is 9.67. The molecule has 72 valence electrons. The molecule has 2 heterocycles. The molecule has 0 radical (unpaired) electrons. The Hall–Kier alpha value is -0.150. The van der Waals surface area contributed by atoms with Crippen LogP contribution in [0.25, 0.3) is 0 Å². The lowest BCUT2D eigenvalue weighted by molar-refractivity contribution is 0.434. The fraction of sp³-hybridized carbons (Fsp3) is 0.667. The second kappa shape index (κ2) is 2.92. The normalized spacial score (nSPS) is 25.2. The van der Waals surface area contributed by atoms with Crippen LogP contribution in [0.15, 0.2) is 15.6 Å². The van der Waals surface area contributed by atoms with Gasteiger partial charge in [0, 0.05) is 17.1 Å². The summed E-state index contributed by atoms with van der Waals surface area (Å²) in [6.45, 7) is 7.38. The largest absolute Gasteiger partial charge is 0.320 e. The number of rotatable bonds is 1. The highest BCUT2D eigenvalue weighted by Gasteiger charge is 2.37. The van der Waals surface area contributed by atoms with E-state index < -0.39 is 0 Å². The quantitative estimate of drug-likeness (QED) is 0.627. The Balaban J connectivity index is 2.29. The van der Waals surface area contributed by atoms with Gasteiger partial charge < -0.3 is 4.90 Å². The van der Waals surface area contributed by atoms with Crippen LogP contribution in [0.3, 0.4) is 0 Å². The number of nitrogens with zero attached hydrogens (tertiary/aromatic N) is 2. The first kappa shape index (κ1) is 9.41. The lowest BCUT2D eigenvalue weighted by Crippen LogP contribution is -2.29. The molecule has 0 aromatic heterocycles. The second-order valence-electron chi connectivity index (χ2n) is 4.03. The van der Waals surface area contributed by atoms with E-state index in [1.165, 1.54) is 10.6 Å². The van der Waals surface area contributed by atoms with Gasteiger partial charge in [-0.05, 0) is 20.8 Å². The van der Waals surface area contributed by atoms with E-state index in [4.69, 9.17) is 11.6 Å². The predicted molar refractivity (Wildman–Crippen MR) is 59.2 cm³/mol. The minimum atomic E-state index is 0.0559. The van der Waals surface area contributed by atoms with E-state index in [0.29, 0.717) is 5.88 Å². The molecule has 0 saturated heterocycles. The minimum absolute atomic E-state index is 0.0559. The molecule has 4 heteroatoms. The lowest BCUT2D eigenvalue weighted by atomic mass is 10.1. The summed E-state index contributed by atoms with van der Waals surface area (Å²) in [5.74, 6) is 0.591. The lowest BCUT2D eigenvalue weighted by Gasteiger charge is -2.19. The third kappa shape index (κ3) is 1.48. The minimum Gasteiger partial charge on any atom is -0.320 e. The molecule has 0 saturated carbocycles. The van der Waals surface area contributed by atoms with Crippen molar-refractivity contribution in [3.05, 3.63) is 10.6 Å². The van der Waals surface area contributed by atoms with Gasteiger partial charge in [0.1, 0.15) is 0 Å². The van der Waals surface area contributed by atoms with Crippen LogP contribution in [-0.4, -0.2) is 28.0 Å². The molecule has 0 aromatic carbocycles. The third-order valence-corrected chi connectivity index (χ3v) is 3.57. The van der Waals surface area contributed by atoms with Gasteiger partial charge in [-0.3, -0.25) is 4.99 Å². The molecule has 0 fully saturated rings. The first-order valence-corrected chi connectivity index (χ1v) is 5.69. The Labute approximate surface area is 88.0 Å². The average molecular weight is 217 g/mol. The molecular weight excluding hydrogens is 204 g/mol. The number of amidine groups is 1. The molecule has 2 rings (SSSR count). The summed E-state index contributed by atoms with van der Waals surface area (Å²) in [4.78, 5) is 8.17. The Morgan fingerprint density at radius 1 is 1.62 bits per heavy atom. The van der Waals surface area contributed by atoms with E-state index in [2.05, 4.69) is 30.7 Å². The van der Waals surface area contributed by atoms with E-state index >= 15 is 0 Å². The fourth-order valence-corrected chi connectivity index (χ4v) is 3.23. The van der Waals surface area contributed by atoms with E-state index in [0.717, 1.165) is 11.7 Å². The molecule has 2 aliphatic rings. The summed E-state index contributed by atoms with van der Waals surface area (Å²) < 4.78 is 0. The molecule has 0 spiro atoms. The Morgan fingerprint density at radius 3 is 2.92 bits per heavy atom. The van der Waals surface area contributed by atoms with E-state index in [1.807, 2.05) is 0 Å². The van der Waals surface area contributed by atoms with Crippen LogP contribution in [0, 0.1) is 0 Å². The van der Waals surface area contributed by atoms with Gasteiger partial charge in [0.05, 0.1) is 11.4 Å². The van der Waals surface area contributed by atoms with Crippen LogP contribution in [0.1, 0.15) is 20.8 Å². The number of hydrogen-bond acceptors (Lipinski definition) is 3. The van der Waals surface area contributed by atoms with Crippen LogP contribution in [0.4, 0.5) is 0 Å². The molecule has 0 aliphatic carbocycles. The van der Waals surface area contributed by atoms with E-state index in [1.54, 1.807) is 11.8 Å². The van der Waals surface area contributed by atoms with Crippen LogP contribution in [0.5, 0.6) is 0 Å². The van der Waals surface area contributed by atoms with Crippen LogP contribution < -0.4 is 0 Å². The highest BCUT2D eigenvalue weighted by molar-refractivity contribution is 8.17. The summed E-state index contributed by atoms with van der Waals surface area (Å²) in [5.41, 5.74) is 1.29. The molecule has 0 N–H and O–H groups in total. The molecule has 2 aliphatic heterocycles. The summed E-state index contributed by atoms with van der Waals surface area (Å²) in [7, 11) is 0. The van der Waals surface area contributed by atoms with Crippen molar-refractivity contribution in [3.8, 4) is 0 Å². The van der Waals surface area contributed by atoms with Crippen LogP contribution in [-0.2, 0) is 0 Å². The number of hydrogen-bond donors (Lipinski definition) is 0. The number of alkyl halides is 1. The van der Waals surface area contributed by atoms with Gasteiger partial charge in [0.25, 0.3) is 0 Å². The molecule has 0 atom stereocenters. The zero-order valence-electron chi connectivity index (χ0n) is 8.09. The van der Waals surface area contributed by atoms with Crippen molar-refractivity contribution in [2.24, 2.45) is 4.99 Å². The fourth-order valence-electron chi connectivity index (χ4n) is 1.65. The monoisotopic (exact) mass is 216 g/mol. The topological polar surface area (TPSA) is 15.6 Å². The van der Waals surface area contributed by atoms with Gasteiger partial charge >= 0.3 is 0 Å². The smallest absolute Gasteiger partial charge is 0.168 e. The molecular formula is C9H13ClN2S. The van der Waals surface area contributed by atoms with Gasteiger partial charge in [0.2, 0.25) is 0 Å². The average Bonchev–Trinajstić information content (AvgIpc) is 2.39. The summed E-state index contributed by atoms with van der Waals surface area (Å²) >= 11 is 7.64. The first-order chi connectivity index (χ1) is 6.03. The number of fused-ring (bicyclic) bond motifs is 1. The zero-order chi connectivity index (χ0) is 9.64. The number of allylic oxidation sites excluding steroid dienone is 2. The van der Waals surface area contributed by atoms with E-state index in [-0.39, 0.29) is 5.54 Å². The number of halogens is 1.